The van der Waals surface area contributed by atoms with E-state index < -0.39 is 11.6 Å². The average Bonchev–Trinajstić information content (AvgIpc) is 3.07. The average molecular weight is 456 g/mol. The first-order valence-electron chi connectivity index (χ1n) is 7.97. The van der Waals surface area contributed by atoms with Crippen molar-refractivity contribution in [2.45, 2.75) is 12.8 Å². The molecule has 2 aromatic carbocycles. The summed E-state index contributed by atoms with van der Waals surface area (Å²) in [6, 6.07) is 8.44. The van der Waals surface area contributed by atoms with Gasteiger partial charge in [-0.05, 0) is 30.3 Å². The number of aryl methyl sites for hydroxylation is 1. The van der Waals surface area contributed by atoms with Crippen molar-refractivity contribution in [1.29, 1.82) is 0 Å². The summed E-state index contributed by atoms with van der Waals surface area (Å²) in [6.07, 6.45) is 1.72. The summed E-state index contributed by atoms with van der Waals surface area (Å²) in [5.41, 5.74) is 0.701. The molecule has 27 heavy (non-hydrogen) atoms. The van der Waals surface area contributed by atoms with E-state index in [-0.39, 0.29) is 36.0 Å². The van der Waals surface area contributed by atoms with E-state index in [0.717, 1.165) is 16.6 Å². The summed E-state index contributed by atoms with van der Waals surface area (Å²) in [7, 11) is 1.63. The highest BCUT2D eigenvalue weighted by molar-refractivity contribution is 9.10. The van der Waals surface area contributed by atoms with Gasteiger partial charge in [0.05, 0.1) is 22.5 Å². The molecular weight excluding hydrogens is 442 g/mol. The third kappa shape index (κ3) is 4.54. The molecule has 1 aromatic heterocycles. The maximum Gasteiger partial charge on any atom is 0.227 e. The Kier molecular flexibility index (Phi) is 5.92. The molecule has 140 valence electrons. The molecule has 0 aliphatic heterocycles. The summed E-state index contributed by atoms with van der Waals surface area (Å²) in [4.78, 5) is 17.9. The number of carbonyl (C=O) groups is 1. The lowest BCUT2D eigenvalue weighted by molar-refractivity contribution is -0.118. The van der Waals surface area contributed by atoms with E-state index in [9.17, 15) is 13.6 Å². The van der Waals surface area contributed by atoms with Gasteiger partial charge in [0, 0.05) is 30.4 Å². The number of anilines is 1. The standard InChI is InChI=1S/C19H14BrClF2N2O2/c1-25(16-5-2-11(20)8-14(16)21)19(26)7-6-18-24-10-17(27-18)13-4-3-12(22)9-15(13)23/h2-5,8-10H,6-7H2,1H3. The summed E-state index contributed by atoms with van der Waals surface area (Å²) < 4.78 is 33.1. The van der Waals surface area contributed by atoms with Gasteiger partial charge < -0.3 is 9.32 Å². The van der Waals surface area contributed by atoms with Crippen molar-refractivity contribution in [1.82, 2.24) is 4.98 Å². The minimum atomic E-state index is -0.738. The second-order valence-corrected chi connectivity index (χ2v) is 7.11. The second kappa shape index (κ2) is 8.19. The van der Waals surface area contributed by atoms with Gasteiger partial charge in [0.2, 0.25) is 5.91 Å². The summed E-state index contributed by atoms with van der Waals surface area (Å²) in [5, 5.41) is 0.449. The SMILES string of the molecule is CN(C(=O)CCc1ncc(-c2ccc(F)cc2F)o1)c1ccc(Br)cc1Cl. The molecule has 0 saturated heterocycles. The molecule has 1 amide bonds. The van der Waals surface area contributed by atoms with Gasteiger partial charge in [-0.3, -0.25) is 4.79 Å². The Balaban J connectivity index is 1.66. The third-order valence-corrected chi connectivity index (χ3v) is 4.74. The molecule has 1 heterocycles. The van der Waals surface area contributed by atoms with Crippen molar-refractivity contribution in [3.05, 3.63) is 69.6 Å². The Bertz CT molecular complexity index is 994. The molecule has 0 aliphatic rings. The number of amides is 1. The van der Waals surface area contributed by atoms with Gasteiger partial charge in [-0.1, -0.05) is 27.5 Å². The van der Waals surface area contributed by atoms with Crippen LogP contribution in [0, 0.1) is 11.6 Å². The minimum Gasteiger partial charge on any atom is -0.441 e. The minimum absolute atomic E-state index is 0.111. The highest BCUT2D eigenvalue weighted by Crippen LogP contribution is 2.29. The molecule has 0 fully saturated rings. The number of oxazole rings is 1. The predicted octanol–water partition coefficient (Wildman–Crippen LogP) is 5.63. The topological polar surface area (TPSA) is 46.3 Å². The Labute approximate surface area is 167 Å². The van der Waals surface area contributed by atoms with Crippen LogP contribution >= 0.6 is 27.5 Å². The number of aromatic nitrogens is 1. The summed E-state index contributed by atoms with van der Waals surface area (Å²) in [6.45, 7) is 0. The molecular formula is C19H14BrClF2N2O2. The first-order valence-corrected chi connectivity index (χ1v) is 9.14. The van der Waals surface area contributed by atoms with Crippen molar-refractivity contribution in [3.8, 4) is 11.3 Å². The van der Waals surface area contributed by atoms with E-state index in [1.807, 2.05) is 0 Å². The van der Waals surface area contributed by atoms with Crippen LogP contribution in [0.5, 0.6) is 0 Å². The van der Waals surface area contributed by atoms with Crippen molar-refractivity contribution < 1.29 is 18.0 Å². The monoisotopic (exact) mass is 454 g/mol. The Morgan fingerprint density at radius 1 is 1.26 bits per heavy atom. The quantitative estimate of drug-likeness (QED) is 0.501. The fourth-order valence-corrected chi connectivity index (χ4v) is 3.31. The van der Waals surface area contributed by atoms with Crippen molar-refractivity contribution in [2.24, 2.45) is 0 Å². The molecule has 0 aliphatic carbocycles. The lowest BCUT2D eigenvalue weighted by atomic mass is 10.2. The molecule has 0 atom stereocenters. The fraction of sp³-hybridized carbons (Fsp3) is 0.158. The second-order valence-electron chi connectivity index (χ2n) is 5.79. The number of rotatable bonds is 5. The van der Waals surface area contributed by atoms with Gasteiger partial charge in [0.1, 0.15) is 11.6 Å². The lowest BCUT2D eigenvalue weighted by Crippen LogP contribution is -2.26. The van der Waals surface area contributed by atoms with Crippen molar-refractivity contribution >= 4 is 39.1 Å². The van der Waals surface area contributed by atoms with E-state index >= 15 is 0 Å². The van der Waals surface area contributed by atoms with E-state index in [0.29, 0.717) is 10.7 Å². The predicted molar refractivity (Wildman–Crippen MR) is 103 cm³/mol. The van der Waals surface area contributed by atoms with E-state index in [1.54, 1.807) is 25.2 Å². The number of halogens is 4. The van der Waals surface area contributed by atoms with Crippen LogP contribution in [-0.4, -0.2) is 17.9 Å². The molecule has 8 heteroatoms. The third-order valence-electron chi connectivity index (χ3n) is 3.95. The maximum atomic E-state index is 13.8. The zero-order chi connectivity index (χ0) is 19.6. The smallest absolute Gasteiger partial charge is 0.227 e. The number of hydrogen-bond donors (Lipinski definition) is 0. The fourth-order valence-electron chi connectivity index (χ4n) is 2.51. The van der Waals surface area contributed by atoms with E-state index in [4.69, 9.17) is 16.0 Å². The largest absolute Gasteiger partial charge is 0.441 e. The Hall–Kier alpha value is -2.25. The molecule has 0 N–H and O–H groups in total. The Morgan fingerprint density at radius 3 is 2.74 bits per heavy atom. The maximum absolute atomic E-state index is 13.8. The molecule has 0 spiro atoms. The van der Waals surface area contributed by atoms with Crippen LogP contribution in [0.3, 0.4) is 0 Å². The highest BCUT2D eigenvalue weighted by atomic mass is 79.9. The number of carbonyl (C=O) groups excluding carboxylic acids is 1. The zero-order valence-corrected chi connectivity index (χ0v) is 16.5. The molecule has 3 rings (SSSR count). The first kappa shape index (κ1) is 19.5. The zero-order valence-electron chi connectivity index (χ0n) is 14.2. The van der Waals surface area contributed by atoms with E-state index in [2.05, 4.69) is 20.9 Å². The Morgan fingerprint density at radius 2 is 2.04 bits per heavy atom. The van der Waals surface area contributed by atoms with Crippen LogP contribution in [0.2, 0.25) is 5.02 Å². The van der Waals surface area contributed by atoms with Gasteiger partial charge in [-0.25, -0.2) is 13.8 Å². The molecule has 4 nitrogen and oxygen atoms in total. The first-order chi connectivity index (χ1) is 12.8. The van der Waals surface area contributed by atoms with Gasteiger partial charge in [-0.15, -0.1) is 0 Å². The van der Waals surface area contributed by atoms with Crippen LogP contribution in [-0.2, 0) is 11.2 Å². The van der Waals surface area contributed by atoms with Crippen LogP contribution in [0.15, 0.2) is 51.5 Å². The highest BCUT2D eigenvalue weighted by Gasteiger charge is 2.17. The van der Waals surface area contributed by atoms with Crippen LogP contribution in [0.4, 0.5) is 14.5 Å². The van der Waals surface area contributed by atoms with Crippen molar-refractivity contribution in [3.63, 3.8) is 0 Å². The van der Waals surface area contributed by atoms with Crippen molar-refractivity contribution in [2.75, 3.05) is 11.9 Å². The molecule has 0 bridgehead atoms. The summed E-state index contributed by atoms with van der Waals surface area (Å²) >= 11 is 9.48. The van der Waals surface area contributed by atoms with Gasteiger partial charge in [-0.2, -0.15) is 0 Å². The molecule has 3 aromatic rings. The molecule has 0 unspecified atom stereocenters. The van der Waals surface area contributed by atoms with Crippen LogP contribution < -0.4 is 4.90 Å². The van der Waals surface area contributed by atoms with Crippen LogP contribution in [0.25, 0.3) is 11.3 Å². The van der Waals surface area contributed by atoms with Gasteiger partial charge >= 0.3 is 0 Å². The van der Waals surface area contributed by atoms with Gasteiger partial charge in [0.25, 0.3) is 0 Å². The van der Waals surface area contributed by atoms with Gasteiger partial charge in [0.15, 0.2) is 11.7 Å². The number of nitrogens with zero attached hydrogens (tertiary/aromatic N) is 2. The number of hydrogen-bond acceptors (Lipinski definition) is 3. The molecule has 0 saturated carbocycles. The normalized spacial score (nSPS) is 10.9. The molecule has 0 radical (unpaired) electrons. The van der Waals surface area contributed by atoms with Crippen LogP contribution in [0.1, 0.15) is 12.3 Å². The summed E-state index contributed by atoms with van der Waals surface area (Å²) in [5.74, 6) is -1.11. The lowest BCUT2D eigenvalue weighted by Gasteiger charge is -2.18. The van der Waals surface area contributed by atoms with E-state index in [1.165, 1.54) is 17.2 Å². The number of benzene rings is 2.